The molecular formula is C12H9ClF2S. The van der Waals surface area contributed by atoms with Crippen molar-refractivity contribution in [2.24, 2.45) is 0 Å². The van der Waals surface area contributed by atoms with Crippen LogP contribution >= 0.6 is 22.9 Å². The van der Waals surface area contributed by atoms with E-state index in [0.29, 0.717) is 12.0 Å². The Hall–Kier alpha value is -0.930. The lowest BCUT2D eigenvalue weighted by Crippen LogP contribution is -1.96. The summed E-state index contributed by atoms with van der Waals surface area (Å²) in [6.07, 6.45) is 0.621. The summed E-state index contributed by atoms with van der Waals surface area (Å²) in [6.45, 7) is 0. The Bertz CT molecular complexity index is 468. The van der Waals surface area contributed by atoms with Gasteiger partial charge in [-0.25, -0.2) is 8.78 Å². The van der Waals surface area contributed by atoms with Gasteiger partial charge in [-0.1, -0.05) is 6.07 Å². The summed E-state index contributed by atoms with van der Waals surface area (Å²) in [7, 11) is 0. The van der Waals surface area contributed by atoms with Crippen LogP contribution in [0.4, 0.5) is 8.78 Å². The van der Waals surface area contributed by atoms with Crippen molar-refractivity contribution in [3.05, 3.63) is 57.8 Å². The quantitative estimate of drug-likeness (QED) is 0.709. The molecule has 0 nitrogen and oxygen atoms in total. The number of hydrogen-bond donors (Lipinski definition) is 0. The van der Waals surface area contributed by atoms with E-state index >= 15 is 0 Å². The molecule has 0 aliphatic heterocycles. The van der Waals surface area contributed by atoms with Crippen molar-refractivity contribution < 1.29 is 8.78 Å². The van der Waals surface area contributed by atoms with E-state index in [9.17, 15) is 8.78 Å². The summed E-state index contributed by atoms with van der Waals surface area (Å²) in [5.41, 5.74) is 1.71. The molecule has 0 spiro atoms. The van der Waals surface area contributed by atoms with E-state index in [1.54, 1.807) is 11.3 Å². The zero-order chi connectivity index (χ0) is 11.5. The minimum Gasteiger partial charge on any atom is -0.204 e. The molecule has 0 aliphatic rings. The van der Waals surface area contributed by atoms with Gasteiger partial charge in [0, 0.05) is 0 Å². The highest BCUT2D eigenvalue weighted by Crippen LogP contribution is 2.26. The summed E-state index contributed by atoms with van der Waals surface area (Å²) in [5.74, 6) is -1.70. The normalized spacial score (nSPS) is 12.7. The fourth-order valence-corrected chi connectivity index (χ4v) is 2.44. The molecule has 1 atom stereocenters. The Morgan fingerprint density at radius 3 is 2.62 bits per heavy atom. The van der Waals surface area contributed by atoms with Crippen LogP contribution in [0.2, 0.25) is 0 Å². The molecule has 1 aromatic heterocycles. The second-order valence-electron chi connectivity index (χ2n) is 3.48. The third-order valence-corrected chi connectivity index (χ3v) is 3.44. The van der Waals surface area contributed by atoms with Crippen LogP contribution in [-0.4, -0.2) is 0 Å². The molecule has 1 heterocycles. The van der Waals surface area contributed by atoms with Crippen molar-refractivity contribution in [2.75, 3.05) is 0 Å². The molecular weight excluding hydrogens is 250 g/mol. The van der Waals surface area contributed by atoms with E-state index in [0.717, 1.165) is 17.7 Å². The third kappa shape index (κ3) is 2.60. The number of halogens is 3. The highest BCUT2D eigenvalue weighted by molar-refractivity contribution is 7.07. The molecule has 0 saturated carbocycles. The second kappa shape index (κ2) is 4.93. The summed E-state index contributed by atoms with van der Waals surface area (Å²) < 4.78 is 25.7. The summed E-state index contributed by atoms with van der Waals surface area (Å²) in [5, 5.41) is 3.63. The largest absolute Gasteiger partial charge is 0.204 e. The molecule has 84 valence electrons. The summed E-state index contributed by atoms with van der Waals surface area (Å²) in [6, 6.07) is 5.75. The topological polar surface area (TPSA) is 0 Å². The van der Waals surface area contributed by atoms with Crippen LogP contribution in [0.15, 0.2) is 35.0 Å². The Morgan fingerprint density at radius 2 is 2.00 bits per heavy atom. The van der Waals surface area contributed by atoms with Gasteiger partial charge in [-0.2, -0.15) is 11.3 Å². The van der Waals surface area contributed by atoms with Crippen LogP contribution in [0.1, 0.15) is 16.5 Å². The first-order chi connectivity index (χ1) is 7.66. The van der Waals surface area contributed by atoms with Gasteiger partial charge in [0.1, 0.15) is 0 Å². The van der Waals surface area contributed by atoms with Crippen molar-refractivity contribution in [2.45, 2.75) is 11.8 Å². The van der Waals surface area contributed by atoms with Crippen molar-refractivity contribution in [3.63, 3.8) is 0 Å². The number of alkyl halides is 1. The van der Waals surface area contributed by atoms with Crippen LogP contribution in [0.5, 0.6) is 0 Å². The van der Waals surface area contributed by atoms with Crippen LogP contribution in [0, 0.1) is 11.6 Å². The van der Waals surface area contributed by atoms with E-state index in [2.05, 4.69) is 0 Å². The fraction of sp³-hybridized carbons (Fsp3) is 0.167. The highest BCUT2D eigenvalue weighted by atomic mass is 35.5. The zero-order valence-corrected chi connectivity index (χ0v) is 9.86. The lowest BCUT2D eigenvalue weighted by Gasteiger charge is -2.08. The molecule has 0 fully saturated rings. The van der Waals surface area contributed by atoms with Gasteiger partial charge in [0.25, 0.3) is 0 Å². The SMILES string of the molecule is Fc1ccc(C(Cl)Cc2ccsc2)cc1F. The number of rotatable bonds is 3. The molecule has 4 heteroatoms. The van der Waals surface area contributed by atoms with Gasteiger partial charge >= 0.3 is 0 Å². The van der Waals surface area contributed by atoms with E-state index in [1.165, 1.54) is 6.07 Å². The van der Waals surface area contributed by atoms with Gasteiger partial charge in [0.2, 0.25) is 0 Å². The average Bonchev–Trinajstić information content (AvgIpc) is 2.74. The van der Waals surface area contributed by atoms with E-state index in [4.69, 9.17) is 11.6 Å². The maximum atomic E-state index is 13.0. The number of benzene rings is 1. The molecule has 2 aromatic rings. The van der Waals surface area contributed by atoms with E-state index in [1.807, 2.05) is 16.8 Å². The number of thiophene rings is 1. The van der Waals surface area contributed by atoms with Crippen LogP contribution < -0.4 is 0 Å². The minimum atomic E-state index is -0.853. The van der Waals surface area contributed by atoms with Gasteiger partial charge < -0.3 is 0 Å². The van der Waals surface area contributed by atoms with E-state index < -0.39 is 11.6 Å². The molecule has 16 heavy (non-hydrogen) atoms. The molecule has 1 aromatic carbocycles. The van der Waals surface area contributed by atoms with Gasteiger partial charge in [0.05, 0.1) is 5.38 Å². The second-order valence-corrected chi connectivity index (χ2v) is 4.78. The van der Waals surface area contributed by atoms with Crippen molar-refractivity contribution in [1.82, 2.24) is 0 Å². The molecule has 0 aliphatic carbocycles. The molecule has 0 saturated heterocycles. The van der Waals surface area contributed by atoms with Gasteiger partial charge in [-0.3, -0.25) is 0 Å². The maximum Gasteiger partial charge on any atom is 0.159 e. The molecule has 1 unspecified atom stereocenters. The smallest absolute Gasteiger partial charge is 0.159 e. The monoisotopic (exact) mass is 258 g/mol. The average molecular weight is 259 g/mol. The molecule has 0 bridgehead atoms. The summed E-state index contributed by atoms with van der Waals surface area (Å²) in [4.78, 5) is 0. The lowest BCUT2D eigenvalue weighted by molar-refractivity contribution is 0.507. The highest BCUT2D eigenvalue weighted by Gasteiger charge is 2.11. The maximum absolute atomic E-state index is 13.0. The minimum absolute atomic E-state index is 0.329. The Balaban J connectivity index is 2.14. The molecule has 2 rings (SSSR count). The lowest BCUT2D eigenvalue weighted by atomic mass is 10.1. The third-order valence-electron chi connectivity index (χ3n) is 2.30. The van der Waals surface area contributed by atoms with Crippen LogP contribution in [0.3, 0.4) is 0 Å². The Labute approximate surface area is 101 Å². The number of hydrogen-bond acceptors (Lipinski definition) is 1. The fourth-order valence-electron chi connectivity index (χ4n) is 1.44. The van der Waals surface area contributed by atoms with Crippen molar-refractivity contribution in [3.8, 4) is 0 Å². The summed E-state index contributed by atoms with van der Waals surface area (Å²) >= 11 is 7.73. The van der Waals surface area contributed by atoms with Gasteiger partial charge in [-0.15, -0.1) is 11.6 Å². The first kappa shape index (κ1) is 11.6. The van der Waals surface area contributed by atoms with Gasteiger partial charge in [0.15, 0.2) is 11.6 Å². The van der Waals surface area contributed by atoms with Crippen molar-refractivity contribution >= 4 is 22.9 Å². The van der Waals surface area contributed by atoms with E-state index in [-0.39, 0.29) is 5.38 Å². The molecule has 0 N–H and O–H groups in total. The molecule has 0 radical (unpaired) electrons. The Morgan fingerprint density at radius 1 is 1.19 bits per heavy atom. The standard InChI is InChI=1S/C12H9ClF2S/c13-10(5-8-3-4-16-7-8)9-1-2-11(14)12(15)6-9/h1-4,6-7,10H,5H2. The van der Waals surface area contributed by atoms with Crippen LogP contribution in [-0.2, 0) is 6.42 Å². The van der Waals surface area contributed by atoms with Gasteiger partial charge in [-0.05, 0) is 46.5 Å². The van der Waals surface area contributed by atoms with Crippen LogP contribution in [0.25, 0.3) is 0 Å². The first-order valence-electron chi connectivity index (χ1n) is 4.77. The predicted octanol–water partition coefficient (Wildman–Crippen LogP) is 4.55. The Kier molecular flexibility index (Phi) is 3.56. The van der Waals surface area contributed by atoms with Crippen molar-refractivity contribution in [1.29, 1.82) is 0 Å². The molecule has 0 amide bonds. The zero-order valence-electron chi connectivity index (χ0n) is 8.29. The predicted molar refractivity (Wildman–Crippen MR) is 63.0 cm³/mol. The first-order valence-corrected chi connectivity index (χ1v) is 6.15.